The Bertz CT molecular complexity index is 739. The molecule has 0 saturated carbocycles. The van der Waals surface area contributed by atoms with Gasteiger partial charge in [-0.15, -0.1) is 11.6 Å². The molecule has 1 radical (unpaired) electrons. The zero-order valence-electron chi connectivity index (χ0n) is 12.2. The van der Waals surface area contributed by atoms with Crippen molar-refractivity contribution in [2.24, 2.45) is 7.05 Å². The summed E-state index contributed by atoms with van der Waals surface area (Å²) in [7, 11) is 2.05. The summed E-state index contributed by atoms with van der Waals surface area (Å²) >= 11 is 0. The van der Waals surface area contributed by atoms with Gasteiger partial charge >= 0.3 is 0 Å². The first-order valence-electron chi connectivity index (χ1n) is 6.56. The topological polar surface area (TPSA) is 16.8 Å². The number of hydrogen-bond donors (Lipinski definition) is 0. The fraction of sp³-hybridized carbons (Fsp3) is 0.111. The van der Waals surface area contributed by atoms with Gasteiger partial charge in [-0.3, -0.25) is 4.98 Å². The summed E-state index contributed by atoms with van der Waals surface area (Å²) in [5, 5.41) is 0. The Kier molecular flexibility index (Phi) is 5.38. The van der Waals surface area contributed by atoms with Crippen LogP contribution in [-0.2, 0) is 39.8 Å². The number of hydrogen-bond acceptors (Lipinski definition) is 1. The zero-order chi connectivity index (χ0) is 13.9. The van der Waals surface area contributed by atoms with Crippen LogP contribution in [0.1, 0.15) is 5.56 Å². The molecule has 3 rings (SSSR count). The number of rotatable bonds is 2. The minimum absolute atomic E-state index is 0. The summed E-state index contributed by atoms with van der Waals surface area (Å²) in [5.41, 5.74) is 5.54. The number of aryl methyl sites for hydroxylation is 2. The van der Waals surface area contributed by atoms with Crippen molar-refractivity contribution in [3.8, 4) is 22.4 Å². The van der Waals surface area contributed by atoms with Gasteiger partial charge in [-0.05, 0) is 18.5 Å². The van der Waals surface area contributed by atoms with Crippen LogP contribution < -0.4 is 4.57 Å². The molecule has 0 unspecified atom stereocenters. The molecule has 0 N–H and O–H groups in total. The zero-order valence-corrected chi connectivity index (χ0v) is 15.0. The van der Waals surface area contributed by atoms with Gasteiger partial charge in [0.15, 0.2) is 6.20 Å². The third kappa shape index (κ3) is 3.45. The smallest absolute Gasteiger partial charge is 0.161 e. The number of pyridine rings is 2. The Hall–Kier alpha value is -1.38. The summed E-state index contributed by atoms with van der Waals surface area (Å²) < 4.78 is 2.11. The maximum atomic E-state index is 4.01. The Balaban J connectivity index is 0.00000161. The number of aromatic nitrogens is 2. The molecule has 0 aliphatic heterocycles. The van der Waals surface area contributed by atoms with Crippen molar-refractivity contribution in [2.75, 3.05) is 0 Å². The average molecular weight is 348 g/mol. The van der Waals surface area contributed by atoms with E-state index in [1.807, 2.05) is 31.4 Å². The second-order valence-electron chi connectivity index (χ2n) is 4.78. The van der Waals surface area contributed by atoms with E-state index in [0.29, 0.717) is 0 Å². The summed E-state index contributed by atoms with van der Waals surface area (Å²) in [5.74, 6) is 0. The van der Waals surface area contributed by atoms with Gasteiger partial charge in [-0.25, -0.2) is 15.7 Å². The molecule has 0 fully saturated rings. The number of nitrogens with zero attached hydrogens (tertiary/aromatic N) is 2. The Morgan fingerprint density at radius 1 is 1.05 bits per heavy atom. The predicted molar refractivity (Wildman–Crippen MR) is 78.7 cm³/mol. The van der Waals surface area contributed by atoms with E-state index >= 15 is 0 Å². The molecule has 0 aliphatic carbocycles. The van der Waals surface area contributed by atoms with Crippen molar-refractivity contribution in [1.29, 1.82) is 0 Å². The summed E-state index contributed by atoms with van der Waals surface area (Å²) in [4.78, 5) is 4.01. The van der Waals surface area contributed by atoms with Gasteiger partial charge in [-0.2, -0.15) is 24.3 Å². The van der Waals surface area contributed by atoms with E-state index in [4.69, 9.17) is 0 Å². The fourth-order valence-electron chi connectivity index (χ4n) is 2.26. The molecule has 21 heavy (non-hydrogen) atoms. The van der Waals surface area contributed by atoms with Crippen LogP contribution in [0.3, 0.4) is 0 Å². The van der Waals surface area contributed by atoms with Gasteiger partial charge in [-0.1, -0.05) is 18.6 Å². The summed E-state index contributed by atoms with van der Waals surface area (Å²) in [6.45, 7) is 2.11. The van der Waals surface area contributed by atoms with Crippen LogP contribution in [0.4, 0.5) is 0 Å². The summed E-state index contributed by atoms with van der Waals surface area (Å²) in [6.07, 6.45) is 5.51. The molecule has 0 aliphatic rings. The maximum absolute atomic E-state index is 4.01. The van der Waals surface area contributed by atoms with Gasteiger partial charge in [0.25, 0.3) is 0 Å². The van der Waals surface area contributed by atoms with E-state index in [2.05, 4.69) is 46.8 Å². The molecular formula is C18H15N2Y-. The van der Waals surface area contributed by atoms with Gasteiger partial charge in [0.1, 0.15) is 12.7 Å². The second kappa shape index (κ2) is 7.06. The quantitative estimate of drug-likeness (QED) is 0.514. The molecule has 0 atom stereocenters. The van der Waals surface area contributed by atoms with E-state index in [-0.39, 0.29) is 32.7 Å². The first kappa shape index (κ1) is 16.0. The van der Waals surface area contributed by atoms with E-state index in [9.17, 15) is 0 Å². The van der Waals surface area contributed by atoms with Crippen LogP contribution in [0.5, 0.6) is 0 Å². The minimum atomic E-state index is 0. The van der Waals surface area contributed by atoms with Gasteiger partial charge in [0.05, 0.1) is 0 Å². The van der Waals surface area contributed by atoms with Crippen molar-refractivity contribution >= 4 is 0 Å². The molecule has 2 nitrogen and oxygen atoms in total. The van der Waals surface area contributed by atoms with Gasteiger partial charge in [0.2, 0.25) is 0 Å². The fourth-order valence-corrected chi connectivity index (χ4v) is 2.26. The molecule has 2 aromatic heterocycles. The van der Waals surface area contributed by atoms with Crippen molar-refractivity contribution in [2.45, 2.75) is 6.92 Å². The standard InChI is InChI=1S/C18H15N2.Y/c1-14-6-7-16(15-8-10-19-11-9-15)13-17(14)18-5-3-4-12-20(18)2;/h3-8,10-12H,1-2H3;/q-1;. The van der Waals surface area contributed by atoms with E-state index in [1.165, 1.54) is 5.56 Å². The van der Waals surface area contributed by atoms with Crippen molar-refractivity contribution in [3.05, 3.63) is 72.7 Å². The predicted octanol–water partition coefficient (Wildman–Crippen LogP) is 3.15. The molecule has 101 valence electrons. The Morgan fingerprint density at radius 2 is 1.90 bits per heavy atom. The van der Waals surface area contributed by atoms with Crippen LogP contribution in [0.15, 0.2) is 55.0 Å². The van der Waals surface area contributed by atoms with Crippen molar-refractivity contribution in [3.63, 3.8) is 0 Å². The third-order valence-corrected chi connectivity index (χ3v) is 3.38. The van der Waals surface area contributed by atoms with Crippen molar-refractivity contribution < 1.29 is 37.3 Å². The molecule has 0 amide bonds. The molecule has 2 heterocycles. The molecule has 0 bridgehead atoms. The van der Waals surface area contributed by atoms with Crippen LogP contribution in [0, 0.1) is 19.1 Å². The maximum Gasteiger partial charge on any atom is 0.161 e. The molecule has 0 spiro atoms. The molecule has 1 aromatic carbocycles. The van der Waals surface area contributed by atoms with Crippen LogP contribution in [0.25, 0.3) is 22.4 Å². The first-order valence-corrected chi connectivity index (χ1v) is 6.56. The van der Waals surface area contributed by atoms with Crippen molar-refractivity contribution in [1.82, 2.24) is 4.98 Å². The molecule has 3 heteroatoms. The van der Waals surface area contributed by atoms with Crippen LogP contribution in [0.2, 0.25) is 0 Å². The van der Waals surface area contributed by atoms with Crippen LogP contribution in [-0.4, -0.2) is 4.98 Å². The van der Waals surface area contributed by atoms with Gasteiger partial charge < -0.3 is 0 Å². The Morgan fingerprint density at radius 3 is 2.62 bits per heavy atom. The SMILES string of the molecule is Cc1ccc(-c2[c-]cncc2)[c-]c1-c1cccc[n+]1C.[Y]. The average Bonchev–Trinajstić information content (AvgIpc) is 2.49. The second-order valence-corrected chi connectivity index (χ2v) is 4.78. The number of benzene rings is 1. The first-order chi connectivity index (χ1) is 9.75. The third-order valence-electron chi connectivity index (χ3n) is 3.38. The van der Waals surface area contributed by atoms with Gasteiger partial charge in [0, 0.05) is 38.8 Å². The largest absolute Gasteiger partial charge is 0.293 e. The van der Waals surface area contributed by atoms with E-state index in [1.54, 1.807) is 12.4 Å². The molecular weight excluding hydrogens is 333 g/mol. The van der Waals surface area contributed by atoms with E-state index < -0.39 is 0 Å². The molecule has 3 aromatic rings. The van der Waals surface area contributed by atoms with E-state index in [0.717, 1.165) is 22.4 Å². The Labute approximate surface area is 150 Å². The molecule has 0 saturated heterocycles. The van der Waals surface area contributed by atoms with Crippen LogP contribution >= 0.6 is 0 Å². The normalized spacial score (nSPS) is 10.0. The minimum Gasteiger partial charge on any atom is -0.293 e. The summed E-state index contributed by atoms with van der Waals surface area (Å²) in [6, 6.07) is 19.0. The monoisotopic (exact) mass is 348 g/mol.